The third-order valence-corrected chi connectivity index (χ3v) is 6.67. The highest BCUT2D eigenvalue weighted by molar-refractivity contribution is 5.90. The van der Waals surface area contributed by atoms with E-state index in [0.29, 0.717) is 10.9 Å². The molecule has 4 rings (SSSR count). The first-order valence-electron chi connectivity index (χ1n) is 12.2. The van der Waals surface area contributed by atoms with Gasteiger partial charge in [0.25, 0.3) is 5.56 Å². The Morgan fingerprint density at radius 2 is 1.87 bits per heavy atom. The van der Waals surface area contributed by atoms with Crippen LogP contribution in [-0.4, -0.2) is 47.1 Å². The van der Waals surface area contributed by atoms with Crippen LogP contribution in [0.25, 0.3) is 22.0 Å². The Labute approximate surface area is 220 Å². The summed E-state index contributed by atoms with van der Waals surface area (Å²) in [7, 11) is 0. The standard InChI is InChI=1S/C27H26F3N3O6/c28-27(29,30)21-4-2-1-3-18(21)22-10-15-6-5-14(9-19(15)25(37)33-22)20-12-17(32-24(20)36)13-39-26(38)16(7-8-31)11-23(34)35/h1-6,9-10,16-17,20H,7-8,11-13,31H2,(H,32,36)(H,33,37)(H,34,35)/t16?,17?,20-/m1/s1. The third-order valence-electron chi connectivity index (χ3n) is 6.67. The van der Waals surface area contributed by atoms with Crippen LogP contribution in [0.15, 0.2) is 53.3 Å². The Bertz CT molecular complexity index is 1470. The van der Waals surface area contributed by atoms with Gasteiger partial charge in [-0.05, 0) is 48.5 Å². The number of esters is 1. The molecule has 1 aliphatic heterocycles. The number of fused-ring (bicyclic) bond motifs is 1. The summed E-state index contributed by atoms with van der Waals surface area (Å²) in [4.78, 5) is 51.3. The number of hydrogen-bond acceptors (Lipinski definition) is 6. The Morgan fingerprint density at radius 1 is 1.13 bits per heavy atom. The fraction of sp³-hybridized carbons (Fsp3) is 0.333. The van der Waals surface area contributed by atoms with Gasteiger partial charge in [0.05, 0.1) is 29.9 Å². The molecule has 0 radical (unpaired) electrons. The topological polar surface area (TPSA) is 152 Å². The zero-order valence-corrected chi connectivity index (χ0v) is 20.6. The second-order valence-electron chi connectivity index (χ2n) is 9.40. The van der Waals surface area contributed by atoms with Gasteiger partial charge in [0.1, 0.15) is 6.61 Å². The van der Waals surface area contributed by atoms with Crippen molar-refractivity contribution in [2.24, 2.45) is 11.7 Å². The molecule has 1 amide bonds. The van der Waals surface area contributed by atoms with Crippen LogP contribution >= 0.6 is 0 Å². The van der Waals surface area contributed by atoms with E-state index in [4.69, 9.17) is 15.6 Å². The van der Waals surface area contributed by atoms with Crippen molar-refractivity contribution in [2.45, 2.75) is 37.4 Å². The van der Waals surface area contributed by atoms with E-state index in [1.165, 1.54) is 30.3 Å². The maximum atomic E-state index is 13.5. The van der Waals surface area contributed by atoms with Crippen molar-refractivity contribution in [3.63, 3.8) is 0 Å². The van der Waals surface area contributed by atoms with Gasteiger partial charge in [-0.3, -0.25) is 19.2 Å². The molecule has 1 saturated heterocycles. The molecular formula is C27H26F3N3O6. The molecule has 9 nitrogen and oxygen atoms in total. The average Bonchev–Trinajstić information content (AvgIpc) is 3.26. The fourth-order valence-corrected chi connectivity index (χ4v) is 4.77. The number of hydrogen-bond donors (Lipinski definition) is 4. The van der Waals surface area contributed by atoms with E-state index < -0.39 is 53.5 Å². The quantitative estimate of drug-likeness (QED) is 0.302. The van der Waals surface area contributed by atoms with Crippen LogP contribution in [0.1, 0.15) is 36.3 Å². The Kier molecular flexibility index (Phi) is 8.05. The van der Waals surface area contributed by atoms with Crippen molar-refractivity contribution in [2.75, 3.05) is 13.2 Å². The number of benzene rings is 2. The van der Waals surface area contributed by atoms with E-state index in [0.717, 1.165) is 6.07 Å². The number of aromatic amines is 1. The molecular weight excluding hydrogens is 519 g/mol. The number of halogens is 3. The summed E-state index contributed by atoms with van der Waals surface area (Å²) in [6.45, 7) is -0.0371. The van der Waals surface area contributed by atoms with Crippen LogP contribution in [0.3, 0.4) is 0 Å². The Morgan fingerprint density at radius 3 is 2.56 bits per heavy atom. The van der Waals surface area contributed by atoms with Crippen molar-refractivity contribution in [3.05, 3.63) is 70.0 Å². The molecule has 1 aromatic heterocycles. The van der Waals surface area contributed by atoms with Crippen molar-refractivity contribution >= 4 is 28.6 Å². The molecule has 39 heavy (non-hydrogen) atoms. The zero-order valence-electron chi connectivity index (χ0n) is 20.6. The first-order valence-corrected chi connectivity index (χ1v) is 12.2. The SMILES string of the molecule is NCCC(CC(=O)O)C(=O)OCC1C[C@H](c2ccc3cc(-c4ccccc4C(F)(F)F)[nH]c(=O)c3c2)C(=O)N1. The number of ether oxygens (including phenoxy) is 1. The average molecular weight is 546 g/mol. The summed E-state index contributed by atoms with van der Waals surface area (Å²) >= 11 is 0. The van der Waals surface area contributed by atoms with Gasteiger partial charge in [-0.1, -0.05) is 30.3 Å². The van der Waals surface area contributed by atoms with E-state index in [-0.39, 0.29) is 48.5 Å². The van der Waals surface area contributed by atoms with Crippen molar-refractivity contribution < 1.29 is 37.4 Å². The summed E-state index contributed by atoms with van der Waals surface area (Å²) in [5.41, 5.74) is 4.36. The van der Waals surface area contributed by atoms with Crippen molar-refractivity contribution in [1.29, 1.82) is 0 Å². The second-order valence-corrected chi connectivity index (χ2v) is 9.40. The van der Waals surface area contributed by atoms with E-state index in [2.05, 4.69) is 10.3 Å². The highest BCUT2D eigenvalue weighted by atomic mass is 19.4. The number of carbonyl (C=O) groups excluding carboxylic acids is 2. The van der Waals surface area contributed by atoms with Gasteiger partial charge in [0, 0.05) is 16.6 Å². The second kappa shape index (κ2) is 11.3. The number of pyridine rings is 1. The minimum atomic E-state index is -4.60. The summed E-state index contributed by atoms with van der Waals surface area (Å²) in [5, 5.41) is 12.3. The molecule has 5 N–H and O–H groups in total. The van der Waals surface area contributed by atoms with Crippen LogP contribution in [0.4, 0.5) is 13.2 Å². The molecule has 3 atom stereocenters. The van der Waals surface area contributed by atoms with Crippen molar-refractivity contribution in [1.82, 2.24) is 10.3 Å². The lowest BCUT2D eigenvalue weighted by atomic mass is 9.93. The number of alkyl halides is 3. The molecule has 1 aliphatic rings. The molecule has 2 aromatic carbocycles. The maximum Gasteiger partial charge on any atom is 0.417 e. The van der Waals surface area contributed by atoms with Gasteiger partial charge < -0.3 is 25.9 Å². The fourth-order valence-electron chi connectivity index (χ4n) is 4.77. The molecule has 0 saturated carbocycles. The van der Waals surface area contributed by atoms with E-state index in [9.17, 15) is 32.3 Å². The van der Waals surface area contributed by atoms with Gasteiger partial charge in [-0.15, -0.1) is 0 Å². The van der Waals surface area contributed by atoms with Gasteiger partial charge in [-0.2, -0.15) is 13.2 Å². The van der Waals surface area contributed by atoms with Gasteiger partial charge in [0.2, 0.25) is 5.91 Å². The Balaban J connectivity index is 1.51. The first-order chi connectivity index (χ1) is 18.5. The number of H-pyrrole nitrogens is 1. The minimum Gasteiger partial charge on any atom is -0.481 e. The summed E-state index contributed by atoms with van der Waals surface area (Å²) in [6.07, 6.45) is -4.60. The smallest absolute Gasteiger partial charge is 0.417 e. The summed E-state index contributed by atoms with van der Waals surface area (Å²) < 4.78 is 45.7. The molecule has 12 heteroatoms. The first kappa shape index (κ1) is 27.8. The lowest BCUT2D eigenvalue weighted by molar-refractivity contribution is -0.153. The molecule has 2 heterocycles. The number of nitrogens with one attached hydrogen (secondary N) is 2. The van der Waals surface area contributed by atoms with Crippen molar-refractivity contribution in [3.8, 4) is 11.3 Å². The number of aromatic nitrogens is 1. The number of aliphatic carboxylic acids is 1. The summed E-state index contributed by atoms with van der Waals surface area (Å²) in [6, 6.07) is 10.6. The lowest BCUT2D eigenvalue weighted by Crippen LogP contribution is -2.33. The number of carboxylic acids is 1. The third kappa shape index (κ3) is 6.28. The summed E-state index contributed by atoms with van der Waals surface area (Å²) in [5.74, 6) is -3.74. The zero-order chi connectivity index (χ0) is 28.3. The molecule has 3 aromatic rings. The molecule has 1 fully saturated rings. The maximum absolute atomic E-state index is 13.5. The largest absolute Gasteiger partial charge is 0.481 e. The van der Waals surface area contributed by atoms with Crippen LogP contribution < -0.4 is 16.6 Å². The van der Waals surface area contributed by atoms with Crippen LogP contribution in [-0.2, 0) is 25.3 Å². The highest BCUT2D eigenvalue weighted by Gasteiger charge is 2.35. The predicted molar refractivity (Wildman–Crippen MR) is 135 cm³/mol. The predicted octanol–water partition coefficient (Wildman–Crippen LogP) is 3.17. The van der Waals surface area contributed by atoms with Crippen LogP contribution in [0, 0.1) is 5.92 Å². The Hall–Kier alpha value is -4.19. The number of carboxylic acid groups (broad SMARTS) is 1. The van der Waals surface area contributed by atoms with Gasteiger partial charge in [-0.25, -0.2) is 0 Å². The van der Waals surface area contributed by atoms with Crippen LogP contribution in [0.5, 0.6) is 0 Å². The minimum absolute atomic E-state index is 0.0181. The molecule has 2 unspecified atom stereocenters. The van der Waals surface area contributed by atoms with Crippen LogP contribution in [0.2, 0.25) is 0 Å². The molecule has 206 valence electrons. The van der Waals surface area contributed by atoms with E-state index in [1.54, 1.807) is 12.1 Å². The molecule has 0 aliphatic carbocycles. The molecule has 0 bridgehead atoms. The van der Waals surface area contributed by atoms with Gasteiger partial charge in [0.15, 0.2) is 0 Å². The lowest BCUT2D eigenvalue weighted by Gasteiger charge is -2.16. The monoisotopic (exact) mass is 545 g/mol. The van der Waals surface area contributed by atoms with E-state index in [1.807, 2.05) is 0 Å². The number of amides is 1. The number of carbonyl (C=O) groups is 3. The van der Waals surface area contributed by atoms with Gasteiger partial charge >= 0.3 is 18.1 Å². The molecule has 0 spiro atoms. The number of rotatable bonds is 9. The number of nitrogens with two attached hydrogens (primary N) is 1. The van der Waals surface area contributed by atoms with E-state index >= 15 is 0 Å². The normalized spacial score (nSPS) is 18.1. The highest BCUT2D eigenvalue weighted by Crippen LogP contribution is 2.37.